The summed E-state index contributed by atoms with van der Waals surface area (Å²) in [5.74, 6) is 1.78. The van der Waals surface area contributed by atoms with Crippen molar-refractivity contribution >= 4 is 27.4 Å². The van der Waals surface area contributed by atoms with Crippen LogP contribution in [0.3, 0.4) is 0 Å². The molecule has 0 heterocycles. The van der Waals surface area contributed by atoms with Gasteiger partial charge in [-0.05, 0) is 73.4 Å². The van der Waals surface area contributed by atoms with Crippen LogP contribution in [0.1, 0.15) is 36.5 Å². The first-order valence-corrected chi connectivity index (χ1v) is 16.1. The average Bonchev–Trinajstić information content (AvgIpc) is 2.97. The molecule has 0 amide bonds. The number of hydrogen-bond donors (Lipinski definition) is 1. The van der Waals surface area contributed by atoms with Gasteiger partial charge in [0, 0.05) is 31.3 Å². The molecule has 0 saturated carbocycles. The lowest BCUT2D eigenvalue weighted by Crippen LogP contribution is -2.23. The first kappa shape index (κ1) is 31.4. The number of nitrogens with zero attached hydrogens (tertiary/aromatic N) is 1. The number of sulfonamides is 1. The van der Waals surface area contributed by atoms with Crippen molar-refractivity contribution < 1.29 is 27.4 Å². The summed E-state index contributed by atoms with van der Waals surface area (Å²) in [5.41, 5.74) is 4.57. The van der Waals surface area contributed by atoms with Gasteiger partial charge in [-0.3, -0.25) is 9.52 Å². The molecular formula is C34H38N2O6S. The minimum atomic E-state index is -3.41. The van der Waals surface area contributed by atoms with E-state index < -0.39 is 10.0 Å². The van der Waals surface area contributed by atoms with Crippen LogP contribution in [0.5, 0.6) is 17.2 Å². The van der Waals surface area contributed by atoms with Crippen LogP contribution in [0.2, 0.25) is 0 Å². The van der Waals surface area contributed by atoms with Gasteiger partial charge in [-0.25, -0.2) is 8.42 Å². The maximum atomic E-state index is 11.9. The third kappa shape index (κ3) is 10.1. The number of anilines is 2. The maximum absolute atomic E-state index is 11.9. The van der Waals surface area contributed by atoms with Crippen molar-refractivity contribution in [2.45, 2.75) is 39.8 Å². The Morgan fingerprint density at radius 3 is 2.19 bits per heavy atom. The molecule has 0 spiro atoms. The van der Waals surface area contributed by atoms with Crippen molar-refractivity contribution in [3.05, 3.63) is 114 Å². The highest BCUT2D eigenvalue weighted by molar-refractivity contribution is 7.92. The van der Waals surface area contributed by atoms with E-state index in [0.29, 0.717) is 62.1 Å². The van der Waals surface area contributed by atoms with E-state index in [1.165, 1.54) is 0 Å². The van der Waals surface area contributed by atoms with E-state index >= 15 is 0 Å². The zero-order valence-corrected chi connectivity index (χ0v) is 25.6. The van der Waals surface area contributed by atoms with E-state index in [1.807, 2.05) is 85.8 Å². The molecule has 0 aromatic heterocycles. The van der Waals surface area contributed by atoms with Gasteiger partial charge in [0.25, 0.3) is 0 Å². The summed E-state index contributed by atoms with van der Waals surface area (Å²) in [7, 11) is -3.41. The highest BCUT2D eigenvalue weighted by Crippen LogP contribution is 2.31. The Kier molecular flexibility index (Phi) is 11.0. The van der Waals surface area contributed by atoms with Crippen molar-refractivity contribution in [2.24, 2.45) is 0 Å². The van der Waals surface area contributed by atoms with Crippen LogP contribution in [0.15, 0.2) is 97.1 Å². The fourth-order valence-electron chi connectivity index (χ4n) is 4.59. The number of ether oxygens (including phenoxy) is 3. The van der Waals surface area contributed by atoms with E-state index in [0.717, 1.165) is 28.6 Å². The molecular weight excluding hydrogens is 564 g/mol. The van der Waals surface area contributed by atoms with Crippen molar-refractivity contribution in [2.75, 3.05) is 29.1 Å². The van der Waals surface area contributed by atoms with Gasteiger partial charge < -0.3 is 19.1 Å². The summed E-state index contributed by atoms with van der Waals surface area (Å²) < 4.78 is 43.3. The fraction of sp³-hybridized carbons (Fsp3) is 0.265. The Balaban J connectivity index is 1.44. The minimum absolute atomic E-state index is 0.220. The molecule has 4 aromatic rings. The second-order valence-electron chi connectivity index (χ2n) is 10.1. The van der Waals surface area contributed by atoms with Crippen LogP contribution in [0, 0.1) is 6.92 Å². The number of rotatable bonds is 15. The van der Waals surface area contributed by atoms with Gasteiger partial charge in [0.1, 0.15) is 17.2 Å². The van der Waals surface area contributed by atoms with Crippen molar-refractivity contribution in [1.29, 1.82) is 0 Å². The molecule has 43 heavy (non-hydrogen) atoms. The molecule has 9 heteroatoms. The monoisotopic (exact) mass is 602 g/mol. The Morgan fingerprint density at radius 2 is 1.49 bits per heavy atom. The van der Waals surface area contributed by atoms with Gasteiger partial charge >= 0.3 is 5.97 Å². The maximum Gasteiger partial charge on any atom is 0.305 e. The van der Waals surface area contributed by atoms with Gasteiger partial charge in [-0.1, -0.05) is 54.6 Å². The van der Waals surface area contributed by atoms with Crippen LogP contribution in [0.4, 0.5) is 11.4 Å². The first-order chi connectivity index (χ1) is 20.7. The van der Waals surface area contributed by atoms with Crippen molar-refractivity contribution in [1.82, 2.24) is 0 Å². The molecule has 0 radical (unpaired) electrons. The Bertz CT molecular complexity index is 1590. The molecule has 1 N–H and O–H groups in total. The van der Waals surface area contributed by atoms with Crippen LogP contribution in [-0.2, 0) is 32.6 Å². The average molecular weight is 603 g/mol. The summed E-state index contributed by atoms with van der Waals surface area (Å²) >= 11 is 0. The number of hydrogen-bond acceptors (Lipinski definition) is 7. The number of carbonyl (C=O) groups is 1. The molecule has 0 atom stereocenters. The zero-order valence-electron chi connectivity index (χ0n) is 24.8. The summed E-state index contributed by atoms with van der Waals surface area (Å²) in [6.45, 7) is 5.75. The van der Waals surface area contributed by atoms with Crippen LogP contribution in [-0.4, -0.2) is 33.9 Å². The van der Waals surface area contributed by atoms with E-state index in [-0.39, 0.29) is 5.97 Å². The molecule has 0 unspecified atom stereocenters. The summed E-state index contributed by atoms with van der Waals surface area (Å²) in [6, 6.07) is 31.1. The van der Waals surface area contributed by atoms with Gasteiger partial charge in [0.2, 0.25) is 10.0 Å². The topological polar surface area (TPSA) is 94.2 Å². The lowest BCUT2D eigenvalue weighted by Gasteiger charge is -2.28. The van der Waals surface area contributed by atoms with Gasteiger partial charge in [-0.2, -0.15) is 0 Å². The molecule has 0 aliphatic heterocycles. The second kappa shape index (κ2) is 15.1. The lowest BCUT2D eigenvalue weighted by molar-refractivity contribution is -0.143. The van der Waals surface area contributed by atoms with Gasteiger partial charge in [0.05, 0.1) is 25.2 Å². The smallest absolute Gasteiger partial charge is 0.305 e. The third-order valence-electron chi connectivity index (χ3n) is 6.59. The Labute approximate surface area is 254 Å². The van der Waals surface area contributed by atoms with Gasteiger partial charge in [0.15, 0.2) is 0 Å². The van der Waals surface area contributed by atoms with E-state index in [9.17, 15) is 13.2 Å². The molecule has 4 rings (SSSR count). The fourth-order valence-corrected chi connectivity index (χ4v) is 5.21. The lowest BCUT2D eigenvalue weighted by atomic mass is 10.1. The van der Waals surface area contributed by atoms with Crippen LogP contribution in [0.25, 0.3) is 0 Å². The Morgan fingerprint density at radius 1 is 0.814 bits per heavy atom. The SMILES string of the molecule is CCOC(=O)CCCOc1cccc(Oc2ccc(CN(Cc3ccccc3)c3cccc(NS(C)(=O)=O)c3C)cc2)c1. The molecule has 0 aliphatic carbocycles. The standard InChI is InChI=1S/C34H38N2O6S/c1-4-40-34(37)17-10-22-41-30-13-8-14-31(23-30)42-29-20-18-28(19-21-29)25-36(24-27-11-6-5-7-12-27)33-16-9-15-32(26(33)2)35-43(3,38)39/h5-9,11-16,18-21,23,35H,4,10,17,22,24-25H2,1-3H3. The number of esters is 1. The summed E-state index contributed by atoms with van der Waals surface area (Å²) in [5, 5.41) is 0. The predicted molar refractivity (Wildman–Crippen MR) is 170 cm³/mol. The first-order valence-electron chi connectivity index (χ1n) is 14.2. The van der Waals surface area contributed by atoms with Crippen molar-refractivity contribution in [3.63, 3.8) is 0 Å². The molecule has 4 aromatic carbocycles. The predicted octanol–water partition coefficient (Wildman–Crippen LogP) is 7.09. The molecule has 0 fully saturated rings. The zero-order chi connectivity index (χ0) is 30.7. The van der Waals surface area contributed by atoms with E-state index in [4.69, 9.17) is 14.2 Å². The molecule has 226 valence electrons. The highest BCUT2D eigenvalue weighted by atomic mass is 32.2. The second-order valence-corrected chi connectivity index (χ2v) is 11.9. The normalized spacial score (nSPS) is 11.0. The minimum Gasteiger partial charge on any atom is -0.493 e. The van der Waals surface area contributed by atoms with Crippen molar-refractivity contribution in [3.8, 4) is 17.2 Å². The molecule has 0 aliphatic rings. The largest absolute Gasteiger partial charge is 0.493 e. The summed E-state index contributed by atoms with van der Waals surface area (Å²) in [6.07, 6.45) is 2.05. The van der Waals surface area contributed by atoms with Gasteiger partial charge in [-0.15, -0.1) is 0 Å². The van der Waals surface area contributed by atoms with E-state index in [2.05, 4.69) is 21.8 Å². The number of benzene rings is 4. The molecule has 8 nitrogen and oxygen atoms in total. The molecule has 0 saturated heterocycles. The third-order valence-corrected chi connectivity index (χ3v) is 7.19. The molecule has 0 bridgehead atoms. The highest BCUT2D eigenvalue weighted by Gasteiger charge is 2.15. The Hall–Kier alpha value is -4.50. The van der Waals surface area contributed by atoms with Crippen LogP contribution >= 0.6 is 0 Å². The quantitative estimate of drug-likeness (QED) is 0.115. The van der Waals surface area contributed by atoms with E-state index in [1.54, 1.807) is 13.0 Å². The summed E-state index contributed by atoms with van der Waals surface area (Å²) in [4.78, 5) is 13.7. The number of carbonyl (C=O) groups excluding carboxylic acids is 1. The van der Waals surface area contributed by atoms with Crippen LogP contribution < -0.4 is 19.1 Å². The number of nitrogens with one attached hydrogen (secondary N) is 1.